The third-order valence-corrected chi connectivity index (χ3v) is 5.82. The van der Waals surface area contributed by atoms with E-state index in [2.05, 4.69) is 20.2 Å². The summed E-state index contributed by atoms with van der Waals surface area (Å²) in [5.74, 6) is -0.436. The average Bonchev–Trinajstić information content (AvgIpc) is 3.07. The minimum absolute atomic E-state index is 0.0234. The van der Waals surface area contributed by atoms with Crippen molar-refractivity contribution < 1.29 is 13.2 Å². The van der Waals surface area contributed by atoms with E-state index in [1.54, 1.807) is 6.07 Å². The number of rotatable bonds is 5. The summed E-state index contributed by atoms with van der Waals surface area (Å²) in [4.78, 5) is 12.3. The number of hydrogen-bond acceptors (Lipinski definition) is 6. The molecule has 3 aromatic rings. The van der Waals surface area contributed by atoms with Crippen LogP contribution in [-0.4, -0.2) is 24.5 Å². The summed E-state index contributed by atoms with van der Waals surface area (Å²) >= 11 is 12.9. The van der Waals surface area contributed by atoms with Crippen molar-refractivity contribution in [2.75, 3.05) is 10.0 Å². The first-order valence-electron chi connectivity index (χ1n) is 7.00. The number of carbonyl (C=O) groups is 1. The van der Waals surface area contributed by atoms with E-state index in [-0.39, 0.29) is 20.6 Å². The van der Waals surface area contributed by atoms with Gasteiger partial charge in [-0.3, -0.25) is 9.52 Å². The van der Waals surface area contributed by atoms with Crippen LogP contribution in [0.5, 0.6) is 0 Å². The van der Waals surface area contributed by atoms with Gasteiger partial charge in [0.2, 0.25) is 5.13 Å². The SMILES string of the molecule is O=C(Nc1ccc(S(=O)(=O)Nc2nncs2)cc1)c1ccc(Cl)cc1Cl. The van der Waals surface area contributed by atoms with Crippen LogP contribution < -0.4 is 10.0 Å². The van der Waals surface area contributed by atoms with Crippen LogP contribution in [0.4, 0.5) is 10.8 Å². The van der Waals surface area contributed by atoms with E-state index in [1.807, 2.05) is 0 Å². The maximum atomic E-state index is 12.3. The molecule has 1 aromatic heterocycles. The van der Waals surface area contributed by atoms with Gasteiger partial charge in [0.05, 0.1) is 15.5 Å². The molecule has 11 heteroatoms. The van der Waals surface area contributed by atoms with E-state index in [9.17, 15) is 13.2 Å². The van der Waals surface area contributed by atoms with E-state index >= 15 is 0 Å². The van der Waals surface area contributed by atoms with Crippen LogP contribution in [0.2, 0.25) is 10.0 Å². The molecule has 0 fully saturated rings. The van der Waals surface area contributed by atoms with Gasteiger partial charge in [0, 0.05) is 10.7 Å². The maximum absolute atomic E-state index is 12.3. The topological polar surface area (TPSA) is 101 Å². The molecule has 2 aromatic carbocycles. The highest BCUT2D eigenvalue weighted by Gasteiger charge is 2.16. The van der Waals surface area contributed by atoms with Crippen LogP contribution in [0.3, 0.4) is 0 Å². The minimum atomic E-state index is -3.78. The fourth-order valence-electron chi connectivity index (χ4n) is 1.98. The Morgan fingerprint density at radius 2 is 1.81 bits per heavy atom. The summed E-state index contributed by atoms with van der Waals surface area (Å²) in [6, 6.07) is 10.2. The molecule has 0 radical (unpaired) electrons. The highest BCUT2D eigenvalue weighted by atomic mass is 35.5. The van der Waals surface area contributed by atoms with E-state index in [1.165, 1.54) is 41.9 Å². The van der Waals surface area contributed by atoms with Gasteiger partial charge >= 0.3 is 0 Å². The molecule has 0 aliphatic heterocycles. The Morgan fingerprint density at radius 3 is 2.42 bits per heavy atom. The number of sulfonamides is 1. The molecule has 0 saturated carbocycles. The Hall–Kier alpha value is -2.20. The lowest BCUT2D eigenvalue weighted by atomic mass is 10.2. The van der Waals surface area contributed by atoms with Gasteiger partial charge < -0.3 is 5.32 Å². The van der Waals surface area contributed by atoms with Gasteiger partial charge in [-0.2, -0.15) is 0 Å². The van der Waals surface area contributed by atoms with Crippen LogP contribution in [0.15, 0.2) is 52.9 Å². The number of carbonyl (C=O) groups excluding carboxylic acids is 1. The zero-order valence-electron chi connectivity index (χ0n) is 12.8. The van der Waals surface area contributed by atoms with Gasteiger partial charge in [0.15, 0.2) is 0 Å². The molecule has 7 nitrogen and oxygen atoms in total. The number of hydrogen-bond donors (Lipinski definition) is 2. The summed E-state index contributed by atoms with van der Waals surface area (Å²) in [5.41, 5.74) is 2.08. The quantitative estimate of drug-likeness (QED) is 0.641. The Balaban J connectivity index is 1.74. The molecule has 3 rings (SSSR count). The van der Waals surface area contributed by atoms with Crippen LogP contribution in [0.25, 0.3) is 0 Å². The standard InChI is InChI=1S/C15H10Cl2N4O3S2/c16-9-1-6-12(13(17)7-9)14(22)19-10-2-4-11(5-3-10)26(23,24)21-15-20-18-8-25-15/h1-8H,(H,19,22)(H,20,21). The second-order valence-electron chi connectivity index (χ2n) is 4.95. The predicted molar refractivity (Wildman–Crippen MR) is 102 cm³/mol. The molecule has 0 spiro atoms. The highest BCUT2D eigenvalue weighted by molar-refractivity contribution is 7.93. The number of anilines is 2. The summed E-state index contributed by atoms with van der Waals surface area (Å²) < 4.78 is 26.8. The Kier molecular flexibility index (Phi) is 5.42. The van der Waals surface area contributed by atoms with Crippen LogP contribution in [-0.2, 0) is 10.0 Å². The first-order chi connectivity index (χ1) is 12.3. The first kappa shape index (κ1) is 18.6. The minimum Gasteiger partial charge on any atom is -0.322 e. The summed E-state index contributed by atoms with van der Waals surface area (Å²) in [7, 11) is -3.78. The third-order valence-electron chi connectivity index (χ3n) is 3.18. The van der Waals surface area contributed by atoms with Crippen molar-refractivity contribution in [1.29, 1.82) is 0 Å². The number of aromatic nitrogens is 2. The molecule has 1 heterocycles. The largest absolute Gasteiger partial charge is 0.322 e. The molecular weight excluding hydrogens is 419 g/mol. The number of amides is 1. The molecule has 2 N–H and O–H groups in total. The lowest BCUT2D eigenvalue weighted by Gasteiger charge is -2.09. The lowest BCUT2D eigenvalue weighted by molar-refractivity contribution is 0.102. The summed E-state index contributed by atoms with van der Waals surface area (Å²) in [5, 5.41) is 10.6. The van der Waals surface area contributed by atoms with Crippen LogP contribution in [0.1, 0.15) is 10.4 Å². The number of nitrogens with zero attached hydrogens (tertiary/aromatic N) is 2. The van der Waals surface area contributed by atoms with Crippen molar-refractivity contribution in [3.63, 3.8) is 0 Å². The zero-order chi connectivity index (χ0) is 18.7. The smallest absolute Gasteiger partial charge is 0.263 e. The Morgan fingerprint density at radius 1 is 1.08 bits per heavy atom. The fraction of sp³-hybridized carbons (Fsp3) is 0. The Labute approximate surface area is 163 Å². The second-order valence-corrected chi connectivity index (χ2v) is 8.31. The molecule has 26 heavy (non-hydrogen) atoms. The molecule has 134 valence electrons. The van der Waals surface area contributed by atoms with E-state index in [0.29, 0.717) is 10.7 Å². The van der Waals surface area contributed by atoms with Crippen molar-refractivity contribution in [3.8, 4) is 0 Å². The van der Waals surface area contributed by atoms with Crippen molar-refractivity contribution in [2.45, 2.75) is 4.90 Å². The first-order valence-corrected chi connectivity index (χ1v) is 10.1. The summed E-state index contributed by atoms with van der Waals surface area (Å²) in [6.07, 6.45) is 0. The molecular formula is C15H10Cl2N4O3S2. The van der Waals surface area contributed by atoms with Gasteiger partial charge in [0.25, 0.3) is 15.9 Å². The normalized spacial score (nSPS) is 11.2. The van der Waals surface area contributed by atoms with Crippen molar-refractivity contribution in [2.24, 2.45) is 0 Å². The van der Waals surface area contributed by atoms with Crippen LogP contribution in [0, 0.1) is 0 Å². The second kappa shape index (κ2) is 7.58. The highest BCUT2D eigenvalue weighted by Crippen LogP contribution is 2.23. The molecule has 0 unspecified atom stereocenters. The molecule has 0 aliphatic carbocycles. The van der Waals surface area contributed by atoms with E-state index < -0.39 is 15.9 Å². The monoisotopic (exact) mass is 428 g/mol. The summed E-state index contributed by atoms with van der Waals surface area (Å²) in [6.45, 7) is 0. The number of benzene rings is 2. The molecule has 0 bridgehead atoms. The van der Waals surface area contributed by atoms with Gasteiger partial charge in [-0.05, 0) is 42.5 Å². The van der Waals surface area contributed by atoms with E-state index in [4.69, 9.17) is 23.2 Å². The molecule has 0 atom stereocenters. The third kappa shape index (κ3) is 4.31. The fourth-order valence-corrected chi connectivity index (χ4v) is 4.17. The zero-order valence-corrected chi connectivity index (χ0v) is 16.0. The van der Waals surface area contributed by atoms with Crippen LogP contribution >= 0.6 is 34.5 Å². The Bertz CT molecular complexity index is 1040. The average molecular weight is 429 g/mol. The number of halogens is 2. The van der Waals surface area contributed by atoms with Gasteiger partial charge in [-0.25, -0.2) is 8.42 Å². The lowest BCUT2D eigenvalue weighted by Crippen LogP contribution is -2.14. The molecule has 1 amide bonds. The van der Waals surface area contributed by atoms with Crippen molar-refractivity contribution >= 4 is 61.3 Å². The maximum Gasteiger partial charge on any atom is 0.263 e. The van der Waals surface area contributed by atoms with Crippen molar-refractivity contribution in [1.82, 2.24) is 10.2 Å². The van der Waals surface area contributed by atoms with Crippen molar-refractivity contribution in [3.05, 3.63) is 63.6 Å². The number of nitrogens with one attached hydrogen (secondary N) is 2. The van der Waals surface area contributed by atoms with Gasteiger partial charge in [-0.15, -0.1) is 10.2 Å². The molecule has 0 aliphatic rings. The van der Waals surface area contributed by atoms with Gasteiger partial charge in [-0.1, -0.05) is 34.5 Å². The molecule has 0 saturated heterocycles. The predicted octanol–water partition coefficient (Wildman–Crippen LogP) is 3.90. The van der Waals surface area contributed by atoms with Gasteiger partial charge in [0.1, 0.15) is 5.51 Å². The van der Waals surface area contributed by atoms with E-state index in [0.717, 1.165) is 11.3 Å².